The highest BCUT2D eigenvalue weighted by Gasteiger charge is 2.31. The summed E-state index contributed by atoms with van der Waals surface area (Å²) in [7, 11) is 0. The first-order valence-corrected chi connectivity index (χ1v) is 13.3. The number of hydrogen-bond donors (Lipinski definition) is 1. The third-order valence-electron chi connectivity index (χ3n) is 6.40. The minimum atomic E-state index is -0.668. The van der Waals surface area contributed by atoms with E-state index in [1.165, 1.54) is 0 Å². The molecule has 0 fully saturated rings. The van der Waals surface area contributed by atoms with Crippen LogP contribution in [0.25, 0.3) is 0 Å². The van der Waals surface area contributed by atoms with Gasteiger partial charge in [0, 0.05) is 30.5 Å². The van der Waals surface area contributed by atoms with Crippen molar-refractivity contribution in [1.82, 2.24) is 10.2 Å². The normalized spacial score (nSPS) is 12.4. The SMILES string of the molecule is CC[C@H](C)NC(=O)[C@H](Cc1ccccc1)N(Cc1ccccc1Cl)C(=O)CCCOc1ccc(C)cc1. The van der Waals surface area contributed by atoms with Gasteiger partial charge < -0.3 is 15.0 Å². The first kappa shape index (κ1) is 28.3. The second-order valence-electron chi connectivity index (χ2n) is 9.40. The Kier molecular flexibility index (Phi) is 11.0. The smallest absolute Gasteiger partial charge is 0.243 e. The molecular weight excluding hydrogens is 484 g/mol. The van der Waals surface area contributed by atoms with Crippen LogP contribution in [0.4, 0.5) is 0 Å². The summed E-state index contributed by atoms with van der Waals surface area (Å²) in [6.07, 6.45) is 2.02. The summed E-state index contributed by atoms with van der Waals surface area (Å²) in [6.45, 7) is 6.69. The fraction of sp³-hybridized carbons (Fsp3) is 0.355. The summed E-state index contributed by atoms with van der Waals surface area (Å²) >= 11 is 6.47. The van der Waals surface area contributed by atoms with Crippen LogP contribution in [0.5, 0.6) is 5.75 Å². The quantitative estimate of drug-likeness (QED) is 0.267. The molecular formula is C31H37ClN2O3. The molecule has 2 amide bonds. The molecule has 37 heavy (non-hydrogen) atoms. The molecule has 0 saturated heterocycles. The topological polar surface area (TPSA) is 58.6 Å². The van der Waals surface area contributed by atoms with E-state index in [9.17, 15) is 9.59 Å². The van der Waals surface area contributed by atoms with Gasteiger partial charge in [0.25, 0.3) is 0 Å². The van der Waals surface area contributed by atoms with Crippen LogP contribution in [0, 0.1) is 6.92 Å². The Bertz CT molecular complexity index is 1130. The van der Waals surface area contributed by atoms with Crippen molar-refractivity contribution in [3.8, 4) is 5.75 Å². The maximum absolute atomic E-state index is 13.7. The Labute approximate surface area is 225 Å². The van der Waals surface area contributed by atoms with Crippen molar-refractivity contribution in [2.45, 2.75) is 65.1 Å². The summed E-state index contributed by atoms with van der Waals surface area (Å²) in [5.41, 5.74) is 2.96. The van der Waals surface area contributed by atoms with E-state index in [0.717, 1.165) is 28.9 Å². The molecule has 0 saturated carbocycles. The van der Waals surface area contributed by atoms with Crippen LogP contribution in [-0.2, 0) is 22.6 Å². The number of benzene rings is 3. The predicted octanol–water partition coefficient (Wildman–Crippen LogP) is 6.36. The number of carbonyl (C=O) groups excluding carboxylic acids is 2. The highest BCUT2D eigenvalue weighted by atomic mass is 35.5. The van der Waals surface area contributed by atoms with Crippen molar-refractivity contribution >= 4 is 23.4 Å². The zero-order chi connectivity index (χ0) is 26.6. The van der Waals surface area contributed by atoms with E-state index in [4.69, 9.17) is 16.3 Å². The third kappa shape index (κ3) is 8.94. The summed E-state index contributed by atoms with van der Waals surface area (Å²) in [5, 5.41) is 3.66. The molecule has 0 aromatic heterocycles. The molecule has 6 heteroatoms. The van der Waals surface area contributed by atoms with Gasteiger partial charge in [-0.05, 0) is 56.0 Å². The Morgan fingerprint density at radius 3 is 2.32 bits per heavy atom. The highest BCUT2D eigenvalue weighted by Crippen LogP contribution is 2.22. The monoisotopic (exact) mass is 520 g/mol. The zero-order valence-electron chi connectivity index (χ0n) is 22.0. The molecule has 3 aromatic carbocycles. The van der Waals surface area contributed by atoms with Gasteiger partial charge in [0.05, 0.1) is 6.61 Å². The number of rotatable bonds is 13. The lowest BCUT2D eigenvalue weighted by atomic mass is 10.0. The Balaban J connectivity index is 1.80. The van der Waals surface area contributed by atoms with Crippen LogP contribution in [0.1, 0.15) is 49.8 Å². The molecule has 196 valence electrons. The third-order valence-corrected chi connectivity index (χ3v) is 6.76. The molecule has 2 atom stereocenters. The number of ether oxygens (including phenoxy) is 1. The van der Waals surface area contributed by atoms with Gasteiger partial charge in [-0.2, -0.15) is 0 Å². The lowest BCUT2D eigenvalue weighted by molar-refractivity contribution is -0.141. The first-order valence-electron chi connectivity index (χ1n) is 12.9. The van der Waals surface area contributed by atoms with Gasteiger partial charge >= 0.3 is 0 Å². The average Bonchev–Trinajstić information content (AvgIpc) is 2.91. The van der Waals surface area contributed by atoms with E-state index in [2.05, 4.69) is 5.32 Å². The summed E-state index contributed by atoms with van der Waals surface area (Å²) in [5.74, 6) is 0.517. The molecule has 0 bridgehead atoms. The number of amides is 2. The molecule has 0 aliphatic rings. The van der Waals surface area contributed by atoms with Crippen molar-refractivity contribution in [2.75, 3.05) is 6.61 Å². The number of nitrogens with one attached hydrogen (secondary N) is 1. The molecule has 0 heterocycles. The Morgan fingerprint density at radius 1 is 0.973 bits per heavy atom. The molecule has 0 spiro atoms. The number of aryl methyl sites for hydroxylation is 1. The van der Waals surface area contributed by atoms with Crippen LogP contribution < -0.4 is 10.1 Å². The van der Waals surface area contributed by atoms with E-state index < -0.39 is 6.04 Å². The fourth-order valence-corrected chi connectivity index (χ4v) is 4.19. The standard InChI is InChI=1S/C31H37ClN2O3/c1-4-24(3)33-31(36)29(21-25-11-6-5-7-12-25)34(22-26-13-8-9-14-28(26)32)30(35)15-10-20-37-27-18-16-23(2)17-19-27/h5-9,11-14,16-19,24,29H,4,10,15,20-22H2,1-3H3,(H,33,36)/t24-,29-/m0/s1. The lowest BCUT2D eigenvalue weighted by Crippen LogP contribution is -2.52. The van der Waals surface area contributed by atoms with Crippen LogP contribution in [0.15, 0.2) is 78.9 Å². The van der Waals surface area contributed by atoms with Gasteiger partial charge in [-0.15, -0.1) is 0 Å². The Morgan fingerprint density at radius 2 is 1.65 bits per heavy atom. The van der Waals surface area contributed by atoms with Gasteiger partial charge in [-0.3, -0.25) is 9.59 Å². The summed E-state index contributed by atoms with van der Waals surface area (Å²) in [6, 6.07) is 24.4. The number of hydrogen-bond acceptors (Lipinski definition) is 3. The van der Waals surface area contributed by atoms with E-state index in [-0.39, 0.29) is 30.8 Å². The second-order valence-corrected chi connectivity index (χ2v) is 9.81. The molecule has 0 aliphatic heterocycles. The molecule has 5 nitrogen and oxygen atoms in total. The molecule has 1 N–H and O–H groups in total. The van der Waals surface area contributed by atoms with Crippen molar-refractivity contribution in [3.05, 3.63) is 101 Å². The first-order chi connectivity index (χ1) is 17.9. The number of nitrogens with zero attached hydrogens (tertiary/aromatic N) is 1. The Hall–Kier alpha value is -3.31. The van der Waals surface area contributed by atoms with E-state index in [0.29, 0.717) is 24.5 Å². The van der Waals surface area contributed by atoms with Crippen LogP contribution >= 0.6 is 11.6 Å². The zero-order valence-corrected chi connectivity index (χ0v) is 22.7. The molecule has 0 radical (unpaired) electrons. The van der Waals surface area contributed by atoms with Gasteiger partial charge in [-0.25, -0.2) is 0 Å². The van der Waals surface area contributed by atoms with E-state index in [1.807, 2.05) is 93.6 Å². The van der Waals surface area contributed by atoms with Crippen LogP contribution in [0.3, 0.4) is 0 Å². The van der Waals surface area contributed by atoms with Crippen LogP contribution in [0.2, 0.25) is 5.02 Å². The number of carbonyl (C=O) groups is 2. The lowest BCUT2D eigenvalue weighted by Gasteiger charge is -2.32. The van der Waals surface area contributed by atoms with Crippen molar-refractivity contribution in [1.29, 1.82) is 0 Å². The van der Waals surface area contributed by atoms with Gasteiger partial charge in [0.2, 0.25) is 11.8 Å². The second kappa shape index (κ2) is 14.4. The molecule has 3 rings (SSSR count). The number of halogens is 1. The average molecular weight is 521 g/mol. The minimum absolute atomic E-state index is 0.00551. The highest BCUT2D eigenvalue weighted by molar-refractivity contribution is 6.31. The van der Waals surface area contributed by atoms with Gasteiger partial charge in [-0.1, -0.05) is 84.8 Å². The molecule has 0 unspecified atom stereocenters. The minimum Gasteiger partial charge on any atom is -0.494 e. The predicted molar refractivity (Wildman–Crippen MR) is 150 cm³/mol. The largest absolute Gasteiger partial charge is 0.494 e. The van der Waals surface area contributed by atoms with Crippen molar-refractivity contribution < 1.29 is 14.3 Å². The molecule has 3 aromatic rings. The van der Waals surface area contributed by atoms with Gasteiger partial charge in [0.1, 0.15) is 11.8 Å². The van der Waals surface area contributed by atoms with Crippen molar-refractivity contribution in [2.24, 2.45) is 0 Å². The van der Waals surface area contributed by atoms with Crippen LogP contribution in [-0.4, -0.2) is 35.4 Å². The maximum Gasteiger partial charge on any atom is 0.243 e. The van der Waals surface area contributed by atoms with Gasteiger partial charge in [0.15, 0.2) is 0 Å². The fourth-order valence-electron chi connectivity index (χ4n) is 4.00. The van der Waals surface area contributed by atoms with Crippen molar-refractivity contribution in [3.63, 3.8) is 0 Å². The molecule has 0 aliphatic carbocycles. The summed E-state index contributed by atoms with van der Waals surface area (Å²) in [4.78, 5) is 28.8. The summed E-state index contributed by atoms with van der Waals surface area (Å²) < 4.78 is 5.83. The van der Waals surface area contributed by atoms with E-state index in [1.54, 1.807) is 11.0 Å². The van der Waals surface area contributed by atoms with E-state index >= 15 is 0 Å². The maximum atomic E-state index is 13.7.